The summed E-state index contributed by atoms with van der Waals surface area (Å²) < 4.78 is 13.4. The van der Waals surface area contributed by atoms with Gasteiger partial charge in [0.1, 0.15) is 5.82 Å². The van der Waals surface area contributed by atoms with Gasteiger partial charge < -0.3 is 10.8 Å². The summed E-state index contributed by atoms with van der Waals surface area (Å²) in [6.45, 7) is 1.64. The van der Waals surface area contributed by atoms with E-state index < -0.39 is 5.97 Å². The SMILES string of the molecule is Cc1ccc(-c2sc(N)nc2C(=O)O)cc1F. The molecule has 0 radical (unpaired) electrons. The molecule has 0 saturated heterocycles. The Hall–Kier alpha value is -1.95. The number of carbonyl (C=O) groups is 1. The number of halogens is 1. The Morgan fingerprint density at radius 3 is 2.82 bits per heavy atom. The van der Waals surface area contributed by atoms with E-state index in [2.05, 4.69) is 4.98 Å². The van der Waals surface area contributed by atoms with Crippen LogP contribution in [0, 0.1) is 12.7 Å². The molecule has 1 aromatic heterocycles. The smallest absolute Gasteiger partial charge is 0.356 e. The van der Waals surface area contributed by atoms with Crippen molar-refractivity contribution in [2.75, 3.05) is 5.73 Å². The third-order valence-electron chi connectivity index (χ3n) is 2.28. The maximum absolute atomic E-state index is 13.4. The second kappa shape index (κ2) is 4.14. The van der Waals surface area contributed by atoms with Gasteiger partial charge in [0, 0.05) is 0 Å². The molecule has 88 valence electrons. The topological polar surface area (TPSA) is 76.2 Å². The summed E-state index contributed by atoms with van der Waals surface area (Å²) in [6.07, 6.45) is 0. The minimum absolute atomic E-state index is 0.143. The third-order valence-corrected chi connectivity index (χ3v) is 3.21. The van der Waals surface area contributed by atoms with Crippen LogP contribution in [0.4, 0.5) is 9.52 Å². The van der Waals surface area contributed by atoms with Crippen LogP contribution in [0.1, 0.15) is 16.1 Å². The fourth-order valence-corrected chi connectivity index (χ4v) is 2.23. The second-order valence-corrected chi connectivity index (χ2v) is 4.53. The van der Waals surface area contributed by atoms with E-state index in [0.717, 1.165) is 11.3 Å². The van der Waals surface area contributed by atoms with Crippen molar-refractivity contribution < 1.29 is 14.3 Å². The molecule has 4 nitrogen and oxygen atoms in total. The average molecular weight is 252 g/mol. The van der Waals surface area contributed by atoms with Gasteiger partial charge in [0.2, 0.25) is 0 Å². The largest absolute Gasteiger partial charge is 0.476 e. The van der Waals surface area contributed by atoms with Crippen molar-refractivity contribution in [3.63, 3.8) is 0 Å². The summed E-state index contributed by atoms with van der Waals surface area (Å²) in [5.74, 6) is -1.56. The zero-order valence-corrected chi connectivity index (χ0v) is 9.71. The van der Waals surface area contributed by atoms with Crippen molar-refractivity contribution in [2.45, 2.75) is 6.92 Å². The van der Waals surface area contributed by atoms with Gasteiger partial charge in [0.25, 0.3) is 0 Å². The minimum Gasteiger partial charge on any atom is -0.476 e. The standard InChI is InChI=1S/C11H9FN2O2S/c1-5-2-3-6(4-7(5)12)9-8(10(15)16)14-11(13)17-9/h2-4H,1H3,(H2,13,14)(H,15,16). The molecule has 2 rings (SSSR count). The molecule has 0 spiro atoms. The van der Waals surface area contributed by atoms with Gasteiger partial charge in [-0.2, -0.15) is 0 Å². The Balaban J connectivity index is 2.59. The van der Waals surface area contributed by atoms with Gasteiger partial charge >= 0.3 is 5.97 Å². The minimum atomic E-state index is -1.17. The van der Waals surface area contributed by atoms with Crippen molar-refractivity contribution in [1.29, 1.82) is 0 Å². The van der Waals surface area contributed by atoms with E-state index in [4.69, 9.17) is 10.8 Å². The Morgan fingerprint density at radius 1 is 1.53 bits per heavy atom. The lowest BCUT2D eigenvalue weighted by atomic mass is 10.1. The van der Waals surface area contributed by atoms with Gasteiger partial charge in [0.15, 0.2) is 10.8 Å². The monoisotopic (exact) mass is 252 g/mol. The number of benzene rings is 1. The summed E-state index contributed by atoms with van der Waals surface area (Å²) >= 11 is 1.03. The first-order chi connectivity index (χ1) is 7.99. The normalized spacial score (nSPS) is 10.5. The number of carboxylic acid groups (broad SMARTS) is 1. The van der Waals surface area contributed by atoms with E-state index in [1.165, 1.54) is 6.07 Å². The molecule has 0 aliphatic carbocycles. The van der Waals surface area contributed by atoms with Gasteiger partial charge in [-0.05, 0) is 24.1 Å². The molecular weight excluding hydrogens is 243 g/mol. The predicted octanol–water partition coefficient (Wildman–Crippen LogP) is 2.54. The summed E-state index contributed by atoms with van der Waals surface area (Å²) in [6, 6.07) is 4.53. The average Bonchev–Trinajstić information content (AvgIpc) is 2.64. The van der Waals surface area contributed by atoms with Gasteiger partial charge in [-0.25, -0.2) is 14.2 Å². The number of nitrogens with zero attached hydrogens (tertiary/aromatic N) is 1. The molecule has 17 heavy (non-hydrogen) atoms. The predicted molar refractivity (Wildman–Crippen MR) is 63.6 cm³/mol. The van der Waals surface area contributed by atoms with E-state index in [9.17, 15) is 9.18 Å². The number of hydrogen-bond donors (Lipinski definition) is 2. The Labute approximate surface area is 101 Å². The molecule has 0 aliphatic rings. The molecule has 0 bridgehead atoms. The molecule has 1 heterocycles. The number of aromatic nitrogens is 1. The number of aryl methyl sites for hydroxylation is 1. The summed E-state index contributed by atoms with van der Waals surface area (Å²) in [4.78, 5) is 15.0. The number of carboxylic acids is 1. The second-order valence-electron chi connectivity index (χ2n) is 3.50. The van der Waals surface area contributed by atoms with E-state index >= 15 is 0 Å². The van der Waals surface area contributed by atoms with Crippen LogP contribution in [0.5, 0.6) is 0 Å². The highest BCUT2D eigenvalue weighted by molar-refractivity contribution is 7.19. The van der Waals surface area contributed by atoms with Gasteiger partial charge in [-0.1, -0.05) is 23.5 Å². The first kappa shape index (κ1) is 11.5. The molecule has 3 N–H and O–H groups in total. The van der Waals surface area contributed by atoms with Crippen molar-refractivity contribution >= 4 is 22.4 Å². The maximum atomic E-state index is 13.4. The number of nitrogens with two attached hydrogens (primary N) is 1. The van der Waals surface area contributed by atoms with Crippen LogP contribution >= 0.6 is 11.3 Å². The van der Waals surface area contributed by atoms with Crippen LogP contribution in [0.25, 0.3) is 10.4 Å². The number of rotatable bonds is 2. The Kier molecular flexibility index (Phi) is 2.81. The van der Waals surface area contributed by atoms with E-state index in [0.29, 0.717) is 16.0 Å². The van der Waals surface area contributed by atoms with Crippen molar-refractivity contribution in [2.24, 2.45) is 0 Å². The lowest BCUT2D eigenvalue weighted by molar-refractivity contribution is 0.0692. The highest BCUT2D eigenvalue weighted by Gasteiger charge is 2.18. The molecule has 1 aromatic carbocycles. The van der Waals surface area contributed by atoms with E-state index in [1.54, 1.807) is 19.1 Å². The van der Waals surface area contributed by atoms with E-state index in [-0.39, 0.29) is 16.6 Å². The Bertz CT molecular complexity index is 595. The fourth-order valence-electron chi connectivity index (χ4n) is 1.41. The summed E-state index contributed by atoms with van der Waals surface area (Å²) in [5, 5.41) is 9.11. The highest BCUT2D eigenvalue weighted by Crippen LogP contribution is 2.32. The first-order valence-corrected chi connectivity index (χ1v) is 5.57. The quantitative estimate of drug-likeness (QED) is 0.861. The van der Waals surface area contributed by atoms with Crippen LogP contribution in [-0.2, 0) is 0 Å². The van der Waals surface area contributed by atoms with Gasteiger partial charge in [-0.3, -0.25) is 0 Å². The lowest BCUT2D eigenvalue weighted by Gasteiger charge is -2.01. The number of nitrogen functional groups attached to an aromatic ring is 1. The molecule has 0 amide bonds. The fraction of sp³-hybridized carbons (Fsp3) is 0.0909. The number of hydrogen-bond acceptors (Lipinski definition) is 4. The first-order valence-electron chi connectivity index (χ1n) is 4.75. The molecule has 0 saturated carbocycles. The van der Waals surface area contributed by atoms with Crippen LogP contribution in [-0.4, -0.2) is 16.1 Å². The molecular formula is C11H9FN2O2S. The lowest BCUT2D eigenvalue weighted by Crippen LogP contribution is -1.99. The highest BCUT2D eigenvalue weighted by atomic mass is 32.1. The van der Waals surface area contributed by atoms with Crippen molar-refractivity contribution in [1.82, 2.24) is 4.98 Å². The van der Waals surface area contributed by atoms with Crippen molar-refractivity contribution in [3.05, 3.63) is 35.3 Å². The molecule has 6 heteroatoms. The van der Waals surface area contributed by atoms with Crippen LogP contribution in [0.3, 0.4) is 0 Å². The van der Waals surface area contributed by atoms with E-state index in [1.807, 2.05) is 0 Å². The van der Waals surface area contributed by atoms with Crippen molar-refractivity contribution in [3.8, 4) is 10.4 Å². The van der Waals surface area contributed by atoms with Crippen LogP contribution < -0.4 is 5.73 Å². The summed E-state index contributed by atoms with van der Waals surface area (Å²) in [7, 11) is 0. The van der Waals surface area contributed by atoms with Crippen LogP contribution in [0.2, 0.25) is 0 Å². The number of anilines is 1. The summed E-state index contributed by atoms with van der Waals surface area (Å²) in [5.41, 5.74) is 6.30. The third kappa shape index (κ3) is 2.12. The number of aromatic carboxylic acids is 1. The molecule has 0 atom stereocenters. The van der Waals surface area contributed by atoms with Crippen LogP contribution in [0.15, 0.2) is 18.2 Å². The zero-order chi connectivity index (χ0) is 12.6. The van der Waals surface area contributed by atoms with Gasteiger partial charge in [0.05, 0.1) is 4.88 Å². The molecule has 2 aromatic rings. The van der Waals surface area contributed by atoms with Gasteiger partial charge in [-0.15, -0.1) is 0 Å². The molecule has 0 fully saturated rings. The molecule has 0 unspecified atom stereocenters. The Morgan fingerprint density at radius 2 is 2.24 bits per heavy atom. The maximum Gasteiger partial charge on any atom is 0.356 e. The molecule has 0 aliphatic heterocycles. The number of thiazole rings is 1. The zero-order valence-electron chi connectivity index (χ0n) is 8.90.